The molecule has 29 heavy (non-hydrogen) atoms. The molecular formula is C23H20N2O2S2. The average Bonchev–Trinajstić information content (AvgIpc) is 3.23. The molecule has 0 aliphatic carbocycles. The van der Waals surface area contributed by atoms with E-state index in [-0.39, 0.29) is 5.91 Å². The molecule has 0 unspecified atom stereocenters. The Kier molecular flexibility index (Phi) is 5.56. The Bertz CT molecular complexity index is 1040. The number of fused-ring (bicyclic) bond motifs is 1. The van der Waals surface area contributed by atoms with Crippen LogP contribution in [0.15, 0.2) is 84.1 Å². The highest BCUT2D eigenvalue weighted by Crippen LogP contribution is 2.41. The van der Waals surface area contributed by atoms with Crippen molar-refractivity contribution < 1.29 is 9.53 Å². The highest BCUT2D eigenvalue weighted by molar-refractivity contribution is 8.26. The number of benzene rings is 2. The van der Waals surface area contributed by atoms with Crippen LogP contribution in [0.25, 0.3) is 11.1 Å². The van der Waals surface area contributed by atoms with Gasteiger partial charge in [0, 0.05) is 19.2 Å². The molecule has 2 aliphatic heterocycles. The van der Waals surface area contributed by atoms with Crippen LogP contribution in [0, 0.1) is 0 Å². The van der Waals surface area contributed by atoms with Gasteiger partial charge < -0.3 is 9.64 Å². The van der Waals surface area contributed by atoms with Gasteiger partial charge in [-0.15, -0.1) is 6.58 Å². The molecular weight excluding hydrogens is 400 g/mol. The Morgan fingerprint density at radius 3 is 2.62 bits per heavy atom. The SMILES string of the molecule is C=CCN1C(=O)/C(=C/C=C2/Oc3ccc(-c4ccccc4)cc3N2CC)SC1=S. The standard InChI is InChI=1S/C23H20N2O2S2/c1-3-14-25-22(26)20(29-23(25)28)12-13-21-24(4-2)18-15-17(10-11-19(18)27-21)16-8-6-5-7-9-16/h3,5-13,15H,1,4,14H2,2H3/b20-12-,21-13+. The van der Waals surface area contributed by atoms with E-state index in [0.29, 0.717) is 21.7 Å². The minimum Gasteiger partial charge on any atom is -0.439 e. The summed E-state index contributed by atoms with van der Waals surface area (Å²) in [6.07, 6.45) is 5.29. The maximum atomic E-state index is 12.5. The molecule has 1 amide bonds. The quantitative estimate of drug-likeness (QED) is 0.370. The highest BCUT2D eigenvalue weighted by Gasteiger charge is 2.31. The summed E-state index contributed by atoms with van der Waals surface area (Å²) in [5.41, 5.74) is 3.32. The summed E-state index contributed by atoms with van der Waals surface area (Å²) in [5, 5.41) is 0. The van der Waals surface area contributed by atoms with Crippen LogP contribution in [-0.2, 0) is 4.79 Å². The Morgan fingerprint density at radius 2 is 1.90 bits per heavy atom. The van der Waals surface area contributed by atoms with Gasteiger partial charge in [0.1, 0.15) is 4.32 Å². The van der Waals surface area contributed by atoms with Crippen molar-refractivity contribution in [2.45, 2.75) is 6.92 Å². The first kappa shape index (κ1) is 19.5. The Balaban J connectivity index is 1.62. The van der Waals surface area contributed by atoms with E-state index in [1.165, 1.54) is 11.8 Å². The fourth-order valence-electron chi connectivity index (χ4n) is 3.31. The molecule has 0 radical (unpaired) electrons. The van der Waals surface area contributed by atoms with Crippen molar-refractivity contribution in [3.8, 4) is 16.9 Å². The largest absolute Gasteiger partial charge is 0.439 e. The van der Waals surface area contributed by atoms with Gasteiger partial charge in [-0.1, -0.05) is 66.5 Å². The molecule has 4 rings (SSSR count). The van der Waals surface area contributed by atoms with Gasteiger partial charge in [0.15, 0.2) is 5.75 Å². The van der Waals surface area contributed by atoms with Crippen molar-refractivity contribution in [1.29, 1.82) is 0 Å². The van der Waals surface area contributed by atoms with E-state index in [9.17, 15) is 4.79 Å². The van der Waals surface area contributed by atoms with E-state index >= 15 is 0 Å². The monoisotopic (exact) mass is 420 g/mol. The second kappa shape index (κ2) is 8.27. The lowest BCUT2D eigenvalue weighted by atomic mass is 10.0. The number of allylic oxidation sites excluding steroid dienone is 2. The van der Waals surface area contributed by atoms with Crippen molar-refractivity contribution >= 4 is 39.9 Å². The van der Waals surface area contributed by atoms with E-state index in [1.807, 2.05) is 30.3 Å². The first-order valence-electron chi connectivity index (χ1n) is 9.33. The lowest BCUT2D eigenvalue weighted by molar-refractivity contribution is -0.121. The second-order valence-corrected chi connectivity index (χ2v) is 8.18. The van der Waals surface area contributed by atoms with Crippen molar-refractivity contribution in [3.63, 3.8) is 0 Å². The topological polar surface area (TPSA) is 32.8 Å². The van der Waals surface area contributed by atoms with E-state index in [4.69, 9.17) is 17.0 Å². The number of thiocarbonyl (C=S) groups is 1. The minimum atomic E-state index is -0.0957. The van der Waals surface area contributed by atoms with E-state index < -0.39 is 0 Å². The predicted octanol–water partition coefficient (Wildman–Crippen LogP) is 5.34. The third kappa shape index (κ3) is 3.73. The van der Waals surface area contributed by atoms with Gasteiger partial charge in [-0.25, -0.2) is 0 Å². The maximum Gasteiger partial charge on any atom is 0.266 e. The Labute approximate surface area is 180 Å². The van der Waals surface area contributed by atoms with Crippen molar-refractivity contribution in [2.75, 3.05) is 18.0 Å². The summed E-state index contributed by atoms with van der Waals surface area (Å²) in [5.74, 6) is 1.41. The number of anilines is 1. The molecule has 0 atom stereocenters. The summed E-state index contributed by atoms with van der Waals surface area (Å²) in [6, 6.07) is 16.5. The summed E-state index contributed by atoms with van der Waals surface area (Å²) >= 11 is 6.59. The average molecular weight is 421 g/mol. The number of nitrogens with zero attached hydrogens (tertiary/aromatic N) is 2. The molecule has 1 fully saturated rings. The fourth-order valence-corrected chi connectivity index (χ4v) is 4.53. The summed E-state index contributed by atoms with van der Waals surface area (Å²) in [4.78, 5) is 16.7. The number of rotatable bonds is 5. The van der Waals surface area contributed by atoms with E-state index in [0.717, 1.165) is 29.1 Å². The lowest BCUT2D eigenvalue weighted by Gasteiger charge is -2.15. The zero-order valence-corrected chi connectivity index (χ0v) is 17.6. The summed E-state index contributed by atoms with van der Waals surface area (Å²) in [7, 11) is 0. The Morgan fingerprint density at radius 1 is 1.10 bits per heavy atom. The molecule has 146 valence electrons. The third-order valence-corrected chi connectivity index (χ3v) is 6.11. The maximum absolute atomic E-state index is 12.5. The number of amides is 1. The van der Waals surface area contributed by atoms with Gasteiger partial charge in [0.2, 0.25) is 5.88 Å². The summed E-state index contributed by atoms with van der Waals surface area (Å²) < 4.78 is 6.61. The van der Waals surface area contributed by atoms with Crippen LogP contribution in [0.4, 0.5) is 5.69 Å². The van der Waals surface area contributed by atoms with Crippen LogP contribution in [-0.4, -0.2) is 28.2 Å². The molecule has 0 saturated carbocycles. The van der Waals surface area contributed by atoms with Gasteiger partial charge in [-0.3, -0.25) is 9.69 Å². The molecule has 0 aromatic heterocycles. The molecule has 6 heteroatoms. The van der Waals surface area contributed by atoms with Crippen LogP contribution in [0.2, 0.25) is 0 Å². The van der Waals surface area contributed by atoms with Crippen LogP contribution >= 0.6 is 24.0 Å². The number of carbonyl (C=O) groups excluding carboxylic acids is 1. The van der Waals surface area contributed by atoms with Crippen molar-refractivity contribution in [2.24, 2.45) is 0 Å². The molecule has 0 bridgehead atoms. The molecule has 2 aromatic rings. The minimum absolute atomic E-state index is 0.0957. The Hall–Kier alpha value is -2.83. The van der Waals surface area contributed by atoms with Crippen LogP contribution < -0.4 is 9.64 Å². The normalized spacial score (nSPS) is 18.5. The number of ether oxygens (including phenoxy) is 1. The van der Waals surface area contributed by atoms with Gasteiger partial charge >= 0.3 is 0 Å². The molecule has 2 heterocycles. The third-order valence-electron chi connectivity index (χ3n) is 4.72. The predicted molar refractivity (Wildman–Crippen MR) is 124 cm³/mol. The zero-order chi connectivity index (χ0) is 20.4. The number of carbonyl (C=O) groups is 1. The van der Waals surface area contributed by atoms with Crippen molar-refractivity contribution in [1.82, 2.24) is 4.90 Å². The zero-order valence-electron chi connectivity index (χ0n) is 16.0. The number of thioether (sulfide) groups is 1. The van der Waals surface area contributed by atoms with Crippen LogP contribution in [0.3, 0.4) is 0 Å². The van der Waals surface area contributed by atoms with E-state index in [1.54, 1.807) is 17.1 Å². The molecule has 2 aliphatic rings. The van der Waals surface area contributed by atoms with Crippen LogP contribution in [0.5, 0.6) is 5.75 Å². The van der Waals surface area contributed by atoms with Gasteiger partial charge in [-0.2, -0.15) is 0 Å². The fraction of sp³-hybridized carbons (Fsp3) is 0.130. The smallest absolute Gasteiger partial charge is 0.266 e. The highest BCUT2D eigenvalue weighted by atomic mass is 32.2. The van der Waals surface area contributed by atoms with E-state index in [2.05, 4.69) is 42.7 Å². The first-order valence-corrected chi connectivity index (χ1v) is 10.6. The number of hydrogen-bond donors (Lipinski definition) is 0. The molecule has 0 spiro atoms. The number of hydrogen-bond acceptors (Lipinski definition) is 5. The van der Waals surface area contributed by atoms with Gasteiger partial charge in [-0.05, 0) is 36.3 Å². The lowest BCUT2D eigenvalue weighted by Crippen LogP contribution is -2.27. The molecule has 1 saturated heterocycles. The molecule has 2 aromatic carbocycles. The van der Waals surface area contributed by atoms with Crippen molar-refractivity contribution in [3.05, 3.63) is 84.1 Å². The second-order valence-electron chi connectivity index (χ2n) is 6.50. The molecule has 4 nitrogen and oxygen atoms in total. The first-order chi connectivity index (χ1) is 14.1. The van der Waals surface area contributed by atoms with Gasteiger partial charge in [0.05, 0.1) is 10.6 Å². The molecule has 0 N–H and O–H groups in total. The van der Waals surface area contributed by atoms with Crippen LogP contribution in [0.1, 0.15) is 6.92 Å². The van der Waals surface area contributed by atoms with Gasteiger partial charge in [0.25, 0.3) is 5.91 Å². The summed E-state index contributed by atoms with van der Waals surface area (Å²) in [6.45, 7) is 6.93.